The fourth-order valence-electron chi connectivity index (χ4n) is 5.70. The third-order valence-electron chi connectivity index (χ3n) is 7.37. The fraction of sp³-hybridized carbons (Fsp3) is 0. The van der Waals surface area contributed by atoms with Crippen molar-refractivity contribution in [2.75, 3.05) is 0 Å². The van der Waals surface area contributed by atoms with Crippen LogP contribution >= 0.6 is 0 Å². The summed E-state index contributed by atoms with van der Waals surface area (Å²) in [6.07, 6.45) is 2.14. The van der Waals surface area contributed by atoms with E-state index in [1.165, 1.54) is 54.2 Å². The Hall–Kier alpha value is -4.69. The first-order chi connectivity index (χ1) is 17.3. The minimum Gasteiger partial charge on any atom is -0.299 e. The third kappa shape index (κ3) is 2.62. The van der Waals surface area contributed by atoms with E-state index in [0.29, 0.717) is 0 Å². The van der Waals surface area contributed by atoms with Crippen LogP contribution < -0.4 is 0 Å². The molecule has 0 saturated carbocycles. The van der Waals surface area contributed by atoms with E-state index in [9.17, 15) is 0 Å². The van der Waals surface area contributed by atoms with Gasteiger partial charge in [0.15, 0.2) is 0 Å². The van der Waals surface area contributed by atoms with Crippen molar-refractivity contribution in [3.63, 3.8) is 0 Å². The molecule has 0 atom stereocenters. The van der Waals surface area contributed by atoms with E-state index in [1.807, 2.05) is 0 Å². The summed E-state index contributed by atoms with van der Waals surface area (Å²) in [5.41, 5.74) is 5.57. The van der Waals surface area contributed by atoms with Gasteiger partial charge in [0.2, 0.25) is 0 Å². The summed E-state index contributed by atoms with van der Waals surface area (Å²) in [5, 5.41) is 10.2. The number of aromatic nitrogens is 2. The van der Waals surface area contributed by atoms with Crippen LogP contribution in [-0.4, -0.2) is 9.38 Å². The number of imidazole rings is 1. The van der Waals surface area contributed by atoms with Crippen LogP contribution in [0.4, 0.5) is 0 Å². The third-order valence-corrected chi connectivity index (χ3v) is 7.37. The SMILES string of the molecule is c1ccc2c(c1)ccn1c3cc(-c4ccc5c6ccccc6c6ccccc6c5c4)ccc3nc21. The van der Waals surface area contributed by atoms with Crippen molar-refractivity contribution in [3.8, 4) is 11.1 Å². The quantitative estimate of drug-likeness (QED) is 0.231. The highest BCUT2D eigenvalue weighted by Gasteiger charge is 2.12. The van der Waals surface area contributed by atoms with E-state index >= 15 is 0 Å². The molecule has 0 saturated heterocycles. The molecule has 162 valence electrons. The molecule has 0 fully saturated rings. The zero-order valence-corrected chi connectivity index (χ0v) is 18.9. The molecule has 2 heterocycles. The molecular formula is C33H20N2. The van der Waals surface area contributed by atoms with Crippen molar-refractivity contribution in [2.45, 2.75) is 0 Å². The Morgan fingerprint density at radius 1 is 0.457 bits per heavy atom. The van der Waals surface area contributed by atoms with Gasteiger partial charge >= 0.3 is 0 Å². The molecular weight excluding hydrogens is 424 g/mol. The molecule has 2 heteroatoms. The standard InChI is InChI=1S/C33H20N2/c1-2-8-24-21(7-1)17-18-35-32-20-23(14-16-31(32)34-33(24)35)22-13-15-29-27-11-4-3-9-25(27)26-10-5-6-12-28(26)30(29)19-22/h1-20H. The zero-order chi connectivity index (χ0) is 22.9. The van der Waals surface area contributed by atoms with Crippen molar-refractivity contribution in [1.82, 2.24) is 9.38 Å². The normalized spacial score (nSPS) is 12.0. The largest absolute Gasteiger partial charge is 0.299 e. The average molecular weight is 445 g/mol. The van der Waals surface area contributed by atoms with Gasteiger partial charge in [0, 0.05) is 11.6 Å². The van der Waals surface area contributed by atoms with Crippen molar-refractivity contribution < 1.29 is 0 Å². The molecule has 0 unspecified atom stereocenters. The van der Waals surface area contributed by atoms with E-state index in [1.54, 1.807) is 0 Å². The van der Waals surface area contributed by atoms with Gasteiger partial charge in [-0.3, -0.25) is 4.40 Å². The Bertz CT molecular complexity index is 2080. The van der Waals surface area contributed by atoms with Crippen LogP contribution in [0.5, 0.6) is 0 Å². The van der Waals surface area contributed by atoms with Gasteiger partial charge in [-0.05, 0) is 73.1 Å². The maximum absolute atomic E-state index is 4.97. The maximum atomic E-state index is 4.97. The molecule has 0 aliphatic heterocycles. The Labute approximate surface area is 201 Å². The first kappa shape index (κ1) is 18.7. The van der Waals surface area contributed by atoms with Gasteiger partial charge < -0.3 is 0 Å². The monoisotopic (exact) mass is 444 g/mol. The van der Waals surface area contributed by atoms with E-state index in [-0.39, 0.29) is 0 Å². The highest BCUT2D eigenvalue weighted by molar-refractivity contribution is 6.25. The molecule has 0 spiro atoms. The summed E-state index contributed by atoms with van der Waals surface area (Å²) >= 11 is 0. The summed E-state index contributed by atoms with van der Waals surface area (Å²) in [6.45, 7) is 0. The van der Waals surface area contributed by atoms with Gasteiger partial charge in [0.25, 0.3) is 0 Å². The van der Waals surface area contributed by atoms with Crippen LogP contribution in [0, 0.1) is 0 Å². The molecule has 8 aromatic rings. The van der Waals surface area contributed by atoms with Gasteiger partial charge in [0.05, 0.1) is 11.0 Å². The van der Waals surface area contributed by atoms with Crippen LogP contribution in [0.2, 0.25) is 0 Å². The van der Waals surface area contributed by atoms with E-state index in [4.69, 9.17) is 4.98 Å². The second-order valence-electron chi connectivity index (χ2n) is 9.26. The maximum Gasteiger partial charge on any atom is 0.145 e. The number of fused-ring (bicyclic) bond motifs is 11. The second-order valence-corrected chi connectivity index (χ2v) is 9.26. The molecule has 0 bridgehead atoms. The number of benzene rings is 6. The predicted molar refractivity (Wildman–Crippen MR) is 148 cm³/mol. The van der Waals surface area contributed by atoms with Crippen LogP contribution in [0.25, 0.3) is 70.9 Å². The first-order valence-corrected chi connectivity index (χ1v) is 12.0. The van der Waals surface area contributed by atoms with Crippen molar-refractivity contribution >= 4 is 59.8 Å². The number of rotatable bonds is 1. The highest BCUT2D eigenvalue weighted by Crippen LogP contribution is 2.37. The Morgan fingerprint density at radius 3 is 1.77 bits per heavy atom. The number of hydrogen-bond donors (Lipinski definition) is 0. The van der Waals surface area contributed by atoms with Gasteiger partial charge in [-0.15, -0.1) is 0 Å². The lowest BCUT2D eigenvalue weighted by atomic mass is 9.92. The van der Waals surface area contributed by atoms with Crippen molar-refractivity contribution in [2.24, 2.45) is 0 Å². The predicted octanol–water partition coefficient (Wildman–Crippen LogP) is 8.77. The molecule has 2 nitrogen and oxygen atoms in total. The molecule has 35 heavy (non-hydrogen) atoms. The zero-order valence-electron chi connectivity index (χ0n) is 18.9. The fourth-order valence-corrected chi connectivity index (χ4v) is 5.70. The van der Waals surface area contributed by atoms with Gasteiger partial charge in [-0.1, -0.05) is 91.0 Å². The van der Waals surface area contributed by atoms with Crippen LogP contribution in [0.15, 0.2) is 121 Å². The Balaban J connectivity index is 1.40. The average Bonchev–Trinajstić information content (AvgIpc) is 3.31. The second kappa shape index (κ2) is 6.91. The minimum atomic E-state index is 1.01. The van der Waals surface area contributed by atoms with E-state index in [0.717, 1.165) is 16.7 Å². The molecule has 0 N–H and O–H groups in total. The summed E-state index contributed by atoms with van der Waals surface area (Å²) < 4.78 is 2.21. The molecule has 0 aliphatic carbocycles. The Morgan fingerprint density at radius 2 is 1.03 bits per heavy atom. The smallest absolute Gasteiger partial charge is 0.145 e. The number of pyridine rings is 1. The summed E-state index contributed by atoms with van der Waals surface area (Å²) in [4.78, 5) is 4.97. The number of hydrogen-bond acceptors (Lipinski definition) is 1. The number of nitrogens with zero attached hydrogens (tertiary/aromatic N) is 2. The molecule has 6 aromatic carbocycles. The minimum absolute atomic E-state index is 1.01. The lowest BCUT2D eigenvalue weighted by Crippen LogP contribution is -1.87. The lowest BCUT2D eigenvalue weighted by molar-refractivity contribution is 1.25. The van der Waals surface area contributed by atoms with Gasteiger partial charge in [-0.25, -0.2) is 4.98 Å². The van der Waals surface area contributed by atoms with Crippen LogP contribution in [0.1, 0.15) is 0 Å². The van der Waals surface area contributed by atoms with Gasteiger partial charge in [0.1, 0.15) is 5.65 Å². The lowest BCUT2D eigenvalue weighted by Gasteiger charge is -2.12. The summed E-state index contributed by atoms with van der Waals surface area (Å²) in [6, 6.07) is 41.6. The summed E-state index contributed by atoms with van der Waals surface area (Å²) in [7, 11) is 0. The van der Waals surface area contributed by atoms with Crippen molar-refractivity contribution in [1.29, 1.82) is 0 Å². The van der Waals surface area contributed by atoms with E-state index in [2.05, 4.69) is 126 Å². The van der Waals surface area contributed by atoms with Crippen molar-refractivity contribution in [3.05, 3.63) is 121 Å². The molecule has 0 radical (unpaired) electrons. The first-order valence-electron chi connectivity index (χ1n) is 12.0. The molecule has 2 aromatic heterocycles. The summed E-state index contributed by atoms with van der Waals surface area (Å²) in [5.74, 6) is 0. The van der Waals surface area contributed by atoms with Crippen LogP contribution in [-0.2, 0) is 0 Å². The van der Waals surface area contributed by atoms with E-state index < -0.39 is 0 Å². The molecule has 8 rings (SSSR count). The highest BCUT2D eigenvalue weighted by atomic mass is 15.0. The van der Waals surface area contributed by atoms with Gasteiger partial charge in [-0.2, -0.15) is 0 Å². The Kier molecular flexibility index (Phi) is 3.69. The molecule has 0 amide bonds. The molecule has 0 aliphatic rings. The topological polar surface area (TPSA) is 17.3 Å². The van der Waals surface area contributed by atoms with Crippen LogP contribution in [0.3, 0.4) is 0 Å².